The molecule has 20 rings (SSSR count). The van der Waals surface area contributed by atoms with Crippen LogP contribution < -0.4 is 26.2 Å². The fourth-order valence-electron chi connectivity index (χ4n) is 18.4. The average molecular weight is 1570 g/mol. The zero-order valence-corrected chi connectivity index (χ0v) is 71.5. The molecule has 7 heteroatoms. The second kappa shape index (κ2) is 27.4. The van der Waals surface area contributed by atoms with E-state index in [0.29, 0.717) is 33.9 Å². The van der Waals surface area contributed by atoms with Crippen molar-refractivity contribution < 1.29 is 21.9 Å². The predicted molar refractivity (Wildman–Crippen MR) is 515 cm³/mol. The molecule has 0 aliphatic carbocycles. The van der Waals surface area contributed by atoms with E-state index in [4.69, 9.17) is 4.98 Å². The highest BCUT2D eigenvalue weighted by Crippen LogP contribution is 2.57. The summed E-state index contributed by atoms with van der Waals surface area (Å²) in [6.45, 7) is 38.7. The number of hydrogen-bond donors (Lipinski definition) is 0. The Morgan fingerprint density at radius 1 is 0.267 bits per heavy atom. The lowest BCUT2D eigenvalue weighted by Gasteiger charge is -2.46. The quantitative estimate of drug-likeness (QED) is 0.135. The van der Waals surface area contributed by atoms with E-state index in [1.807, 2.05) is 84.9 Å². The molecular formula is C113H105BN6. The molecule has 4 aromatic heterocycles. The lowest BCUT2D eigenvalue weighted by Crippen LogP contribution is -2.61. The molecule has 0 fully saturated rings. The van der Waals surface area contributed by atoms with Gasteiger partial charge in [-0.3, -0.25) is 4.98 Å². The third-order valence-electron chi connectivity index (χ3n) is 24.7. The second-order valence-corrected chi connectivity index (χ2v) is 38.9. The Morgan fingerprint density at radius 2 is 0.608 bits per heavy atom. The maximum Gasteiger partial charge on any atom is 0.252 e. The first kappa shape index (κ1) is 59.9. The summed E-state index contributed by atoms with van der Waals surface area (Å²) in [5, 5.41) is 1.65. The predicted octanol–water partition coefficient (Wildman–Crippen LogP) is 28.9. The Bertz CT molecular complexity index is 7950. The van der Waals surface area contributed by atoms with Crippen LogP contribution in [-0.2, 0) is 32.5 Å². The smallest absolute Gasteiger partial charge is 0.252 e. The monoisotopic (exact) mass is 1570 g/mol. The fourth-order valence-corrected chi connectivity index (χ4v) is 18.4. The molecule has 2 aliphatic rings. The van der Waals surface area contributed by atoms with Gasteiger partial charge in [0.25, 0.3) is 6.71 Å². The van der Waals surface area contributed by atoms with Gasteiger partial charge in [-0.2, -0.15) is 0 Å². The zero-order chi connectivity index (χ0) is 97.1. The standard InChI is InChI=1S/C113H105BN6/c1-108(2,3)73-50-57-97-88(60-73)89-61-74(109(4,5)6)51-58-98(89)117(97)78-53-56-91-99(67-78)119(105-85(70-36-22-19-23-37-70)62-75(110(7,8)9)63-86(105)71-38-24-20-25-39-71)101-68-79(118-95-48-34-30-44-82(95)83-45-31-35-49-96(83)118)69-102-104(101)114(91)92-55-52-77(116-93-46-32-28-42-80(93)81-43-29-33-47-94(81)116)66-100(92)120(102)106-87(72-40-26-21-27-41-72)64-76(111(10,11)12)65-90(106)84-54-59-103(112(13,14)15)115-107(84)113(16,17)18/h19-69H,1-18H3/i28D,29D,30D,31D,32D,33D,34D,35D,42D,43D,44D,45D,46D,47D,48D,49D. The van der Waals surface area contributed by atoms with Crippen LogP contribution in [-0.4, -0.2) is 25.4 Å². The van der Waals surface area contributed by atoms with E-state index in [9.17, 15) is 21.9 Å². The minimum absolute atomic E-state index is 0.0952. The van der Waals surface area contributed by atoms with E-state index in [1.165, 1.54) is 0 Å². The van der Waals surface area contributed by atoms with Crippen molar-refractivity contribution in [1.29, 1.82) is 0 Å². The number of aromatic nitrogens is 4. The summed E-state index contributed by atoms with van der Waals surface area (Å²) in [7, 11) is 0. The normalized spacial score (nSPS) is 15.2. The van der Waals surface area contributed by atoms with Crippen molar-refractivity contribution in [2.24, 2.45) is 0 Å². The van der Waals surface area contributed by atoms with Crippen molar-refractivity contribution in [3.05, 3.63) is 343 Å². The Kier molecular flexibility index (Phi) is 13.7. The molecule has 0 bridgehead atoms. The number of anilines is 6. The molecule has 6 nitrogen and oxygen atoms in total. The molecule has 0 saturated heterocycles. The molecule has 6 heterocycles. The molecule has 2 aliphatic heterocycles. The molecule has 0 unspecified atom stereocenters. The van der Waals surface area contributed by atoms with Gasteiger partial charge in [-0.25, -0.2) is 0 Å². The first-order valence-electron chi connectivity index (χ1n) is 49.7. The van der Waals surface area contributed by atoms with Crippen LogP contribution in [0.5, 0.6) is 0 Å². The molecule has 18 aromatic rings. The molecule has 0 saturated carbocycles. The van der Waals surface area contributed by atoms with Crippen LogP contribution in [0, 0.1) is 0 Å². The summed E-state index contributed by atoms with van der Waals surface area (Å²) in [6, 6.07) is 65.8. The van der Waals surface area contributed by atoms with E-state index in [0.717, 1.165) is 122 Å². The molecule has 0 N–H and O–H groups in total. The summed E-state index contributed by atoms with van der Waals surface area (Å²) in [5.41, 5.74) is 18.3. The second-order valence-electron chi connectivity index (χ2n) is 38.9. The van der Waals surface area contributed by atoms with Crippen LogP contribution >= 0.6 is 0 Å². The maximum absolute atomic E-state index is 10.5. The highest BCUT2D eigenvalue weighted by atomic mass is 15.2. The topological polar surface area (TPSA) is 34.2 Å². The van der Waals surface area contributed by atoms with E-state index >= 15 is 0 Å². The molecular weight excluding hydrogens is 1450 g/mol. The van der Waals surface area contributed by atoms with Gasteiger partial charge < -0.3 is 23.5 Å². The van der Waals surface area contributed by atoms with Crippen molar-refractivity contribution in [2.45, 2.75) is 157 Å². The van der Waals surface area contributed by atoms with Crippen molar-refractivity contribution >= 4 is 123 Å². The minimum atomic E-state index is -0.869. The Labute approximate surface area is 730 Å². The van der Waals surface area contributed by atoms with E-state index < -0.39 is 125 Å². The number of nitrogens with zero attached hydrogens (tertiary/aromatic N) is 6. The highest BCUT2D eigenvalue weighted by Gasteiger charge is 2.47. The molecule has 590 valence electrons. The van der Waals surface area contributed by atoms with E-state index in [-0.39, 0.29) is 65.8 Å². The minimum Gasteiger partial charge on any atom is -0.310 e. The summed E-state index contributed by atoms with van der Waals surface area (Å²) in [5.74, 6) is 0. The van der Waals surface area contributed by atoms with Gasteiger partial charge in [0.05, 0.1) is 77.8 Å². The van der Waals surface area contributed by atoms with Gasteiger partial charge in [0.15, 0.2) is 0 Å². The third-order valence-corrected chi connectivity index (χ3v) is 24.7. The lowest BCUT2D eigenvalue weighted by atomic mass is 9.33. The summed E-state index contributed by atoms with van der Waals surface area (Å²) < 4.78 is 163. The zero-order valence-electron chi connectivity index (χ0n) is 87.5. The van der Waals surface area contributed by atoms with Crippen molar-refractivity contribution in [2.75, 3.05) is 9.80 Å². The SMILES string of the molecule is [2H]c1c([2H])c([2H])c2c(c1[2H])c1c([2H])c([2H])c([2H])c([2H])c1n2-c1ccc2c(c1)N(c1c(-c3ccccc3)cc(C(C)(C)C)cc1-c1ccc(C(C)(C)C)nc1C(C)(C)C)c1cc(-n3c4c([2H])c([2H])c([2H])c([2H])c4c4c([2H])c([2H])c([2H])c([2H])c43)cc3c1B2c1ccc(-n2c4ccc(C(C)(C)C)cc4c4cc(C(C)(C)C)ccc42)cc1N3c1c(-c2ccccc2)cc(C(C)(C)C)cc1-c1ccccc1. The van der Waals surface area contributed by atoms with E-state index in [2.05, 4.69) is 266 Å². The molecule has 0 atom stereocenters. The van der Waals surface area contributed by atoms with Gasteiger partial charge in [0.1, 0.15) is 0 Å². The lowest BCUT2D eigenvalue weighted by molar-refractivity contribution is 0.532. The Balaban J connectivity index is 1.07. The van der Waals surface area contributed by atoms with Gasteiger partial charge in [0, 0.05) is 111 Å². The van der Waals surface area contributed by atoms with Crippen molar-refractivity contribution in [1.82, 2.24) is 18.7 Å². The largest absolute Gasteiger partial charge is 0.310 e. The first-order valence-corrected chi connectivity index (χ1v) is 41.7. The van der Waals surface area contributed by atoms with Gasteiger partial charge in [-0.15, -0.1) is 0 Å². The number of fused-ring (bicyclic) bond motifs is 13. The Hall–Kier alpha value is -12.7. The number of para-hydroxylation sites is 4. The van der Waals surface area contributed by atoms with Crippen LogP contribution in [0.2, 0.25) is 0 Å². The van der Waals surface area contributed by atoms with Crippen LogP contribution in [0.1, 0.15) is 180 Å². The van der Waals surface area contributed by atoms with Crippen LogP contribution in [0.3, 0.4) is 0 Å². The van der Waals surface area contributed by atoms with Gasteiger partial charge in [-0.1, -0.05) is 318 Å². The van der Waals surface area contributed by atoms with Crippen LogP contribution in [0.4, 0.5) is 34.1 Å². The molecule has 0 radical (unpaired) electrons. The van der Waals surface area contributed by atoms with Crippen molar-refractivity contribution in [3.63, 3.8) is 0 Å². The van der Waals surface area contributed by atoms with Gasteiger partial charge >= 0.3 is 0 Å². The number of hydrogen-bond acceptors (Lipinski definition) is 3. The number of pyridine rings is 1. The van der Waals surface area contributed by atoms with Gasteiger partial charge in [-0.05, 0) is 192 Å². The Morgan fingerprint density at radius 3 is 0.975 bits per heavy atom. The summed E-state index contributed by atoms with van der Waals surface area (Å²) in [6.07, 6.45) is 0. The first-order chi connectivity index (χ1) is 64.0. The number of benzene rings is 14. The summed E-state index contributed by atoms with van der Waals surface area (Å²) >= 11 is 0. The fraction of sp³-hybridized carbons (Fsp3) is 0.212. The molecule has 0 amide bonds. The average Bonchev–Trinajstić information content (AvgIpc) is 1.05. The number of rotatable bonds is 9. The van der Waals surface area contributed by atoms with Gasteiger partial charge in [0.2, 0.25) is 0 Å². The van der Waals surface area contributed by atoms with Crippen molar-refractivity contribution in [3.8, 4) is 61.6 Å². The maximum atomic E-state index is 10.5. The summed E-state index contributed by atoms with van der Waals surface area (Å²) in [4.78, 5) is 10.4. The third kappa shape index (κ3) is 12.4. The highest BCUT2D eigenvalue weighted by molar-refractivity contribution is 7.00. The van der Waals surface area contributed by atoms with Crippen LogP contribution in [0.25, 0.3) is 127 Å². The van der Waals surface area contributed by atoms with E-state index in [1.54, 1.807) is 9.13 Å². The molecule has 14 aromatic carbocycles. The molecule has 120 heavy (non-hydrogen) atoms. The molecule has 0 spiro atoms. The van der Waals surface area contributed by atoms with Crippen LogP contribution in [0.15, 0.2) is 309 Å².